The molecule has 1 aromatic carbocycles. The van der Waals surface area contributed by atoms with Crippen LogP contribution >= 0.6 is 0 Å². The molecule has 2 rings (SSSR count). The van der Waals surface area contributed by atoms with Crippen molar-refractivity contribution in [3.8, 4) is 11.8 Å². The first-order chi connectivity index (χ1) is 9.60. The predicted molar refractivity (Wildman–Crippen MR) is 77.6 cm³/mol. The minimum atomic E-state index is -0.265. The lowest BCUT2D eigenvalue weighted by Crippen LogP contribution is -2.46. The van der Waals surface area contributed by atoms with Crippen LogP contribution in [0, 0.1) is 17.7 Å². The van der Waals surface area contributed by atoms with Gasteiger partial charge >= 0.3 is 0 Å². The Morgan fingerprint density at radius 3 is 3.00 bits per heavy atom. The van der Waals surface area contributed by atoms with E-state index >= 15 is 0 Å². The molecule has 0 aromatic heterocycles. The highest BCUT2D eigenvalue weighted by Gasteiger charge is 2.23. The van der Waals surface area contributed by atoms with E-state index in [0.29, 0.717) is 6.04 Å². The van der Waals surface area contributed by atoms with E-state index in [4.69, 9.17) is 10.5 Å². The quantitative estimate of drug-likeness (QED) is 0.836. The molecule has 2 unspecified atom stereocenters. The van der Waals surface area contributed by atoms with E-state index in [9.17, 15) is 4.39 Å². The molecule has 1 aliphatic rings. The number of benzene rings is 1. The van der Waals surface area contributed by atoms with Crippen molar-refractivity contribution in [2.75, 3.05) is 19.7 Å². The molecule has 0 saturated carbocycles. The Hall–Kier alpha value is -1.41. The first-order valence-corrected chi connectivity index (χ1v) is 6.93. The number of halogens is 1. The van der Waals surface area contributed by atoms with E-state index in [2.05, 4.69) is 30.6 Å². The fourth-order valence-corrected chi connectivity index (χ4v) is 2.36. The number of ether oxygens (including phenoxy) is 1. The molecule has 4 heteroatoms. The molecule has 0 spiro atoms. The van der Waals surface area contributed by atoms with Gasteiger partial charge in [-0.05, 0) is 31.5 Å². The summed E-state index contributed by atoms with van der Waals surface area (Å²) in [7, 11) is 0. The van der Waals surface area contributed by atoms with Crippen LogP contribution in [0.2, 0.25) is 0 Å². The second-order valence-electron chi connectivity index (χ2n) is 5.23. The van der Waals surface area contributed by atoms with Gasteiger partial charge in [0.1, 0.15) is 5.82 Å². The molecule has 1 aromatic rings. The van der Waals surface area contributed by atoms with Gasteiger partial charge in [-0.1, -0.05) is 17.9 Å². The summed E-state index contributed by atoms with van der Waals surface area (Å²) < 4.78 is 19.0. The van der Waals surface area contributed by atoms with Gasteiger partial charge in [-0.15, -0.1) is 0 Å². The highest BCUT2D eigenvalue weighted by Crippen LogP contribution is 2.18. The molecule has 2 N–H and O–H groups in total. The smallest absolute Gasteiger partial charge is 0.124 e. The molecule has 1 fully saturated rings. The summed E-state index contributed by atoms with van der Waals surface area (Å²) in [4.78, 5) is 2.34. The maximum Gasteiger partial charge on any atom is 0.124 e. The van der Waals surface area contributed by atoms with Crippen LogP contribution in [0.5, 0.6) is 0 Å². The van der Waals surface area contributed by atoms with Crippen LogP contribution in [0.4, 0.5) is 4.39 Å². The first kappa shape index (κ1) is 15.0. The number of nitrogens with zero attached hydrogens (tertiary/aromatic N) is 1. The third-order valence-corrected chi connectivity index (χ3v) is 3.51. The molecular weight excluding hydrogens is 255 g/mol. The first-order valence-electron chi connectivity index (χ1n) is 6.93. The summed E-state index contributed by atoms with van der Waals surface area (Å²) >= 11 is 0. The molecule has 2 atom stereocenters. The SMILES string of the molecule is CC1CN(Cc2ccc(F)cc2C#CCN)C(C)CO1. The van der Waals surface area contributed by atoms with E-state index in [1.807, 2.05) is 6.07 Å². The molecule has 0 amide bonds. The zero-order valence-electron chi connectivity index (χ0n) is 12.0. The second kappa shape index (κ2) is 6.85. The summed E-state index contributed by atoms with van der Waals surface area (Å²) in [5.74, 6) is 5.49. The van der Waals surface area contributed by atoms with Crippen LogP contribution in [0.25, 0.3) is 0 Å². The van der Waals surface area contributed by atoms with E-state index in [1.165, 1.54) is 12.1 Å². The molecule has 1 aliphatic heterocycles. The third-order valence-electron chi connectivity index (χ3n) is 3.51. The molecule has 0 aliphatic carbocycles. The highest BCUT2D eigenvalue weighted by atomic mass is 19.1. The van der Waals surface area contributed by atoms with Gasteiger partial charge in [0.2, 0.25) is 0 Å². The van der Waals surface area contributed by atoms with E-state index in [0.717, 1.165) is 30.8 Å². The van der Waals surface area contributed by atoms with E-state index in [1.54, 1.807) is 0 Å². The molecule has 0 bridgehead atoms. The van der Waals surface area contributed by atoms with Gasteiger partial charge in [0.25, 0.3) is 0 Å². The van der Waals surface area contributed by atoms with Gasteiger partial charge < -0.3 is 10.5 Å². The van der Waals surface area contributed by atoms with Crippen LogP contribution in [0.1, 0.15) is 25.0 Å². The van der Waals surface area contributed by atoms with Gasteiger partial charge in [-0.3, -0.25) is 4.90 Å². The van der Waals surface area contributed by atoms with E-state index in [-0.39, 0.29) is 18.5 Å². The molecule has 20 heavy (non-hydrogen) atoms. The summed E-state index contributed by atoms with van der Waals surface area (Å²) in [5, 5.41) is 0. The van der Waals surface area contributed by atoms with Crippen molar-refractivity contribution in [3.63, 3.8) is 0 Å². The largest absolute Gasteiger partial charge is 0.376 e. The minimum Gasteiger partial charge on any atom is -0.376 e. The summed E-state index contributed by atoms with van der Waals surface area (Å²) in [6.07, 6.45) is 0.227. The van der Waals surface area contributed by atoms with Gasteiger partial charge in [0.15, 0.2) is 0 Å². The van der Waals surface area contributed by atoms with Crippen LogP contribution in [-0.4, -0.2) is 36.7 Å². The number of morpholine rings is 1. The minimum absolute atomic E-state index is 0.227. The van der Waals surface area contributed by atoms with Gasteiger partial charge in [0, 0.05) is 24.7 Å². The van der Waals surface area contributed by atoms with Crippen molar-refractivity contribution in [2.24, 2.45) is 5.73 Å². The highest BCUT2D eigenvalue weighted by molar-refractivity contribution is 5.42. The average molecular weight is 276 g/mol. The summed E-state index contributed by atoms with van der Waals surface area (Å²) in [6.45, 7) is 6.85. The van der Waals surface area contributed by atoms with Crippen molar-refractivity contribution < 1.29 is 9.13 Å². The van der Waals surface area contributed by atoms with Gasteiger partial charge in [-0.2, -0.15) is 0 Å². The van der Waals surface area contributed by atoms with Crippen LogP contribution in [-0.2, 0) is 11.3 Å². The van der Waals surface area contributed by atoms with Crippen LogP contribution in [0.15, 0.2) is 18.2 Å². The Balaban J connectivity index is 2.19. The number of rotatable bonds is 2. The van der Waals surface area contributed by atoms with E-state index < -0.39 is 0 Å². The summed E-state index contributed by atoms with van der Waals surface area (Å²) in [6, 6.07) is 5.12. The van der Waals surface area contributed by atoms with Crippen molar-refractivity contribution in [1.82, 2.24) is 4.90 Å². The van der Waals surface area contributed by atoms with Crippen molar-refractivity contribution in [1.29, 1.82) is 0 Å². The molecule has 3 nitrogen and oxygen atoms in total. The maximum absolute atomic E-state index is 13.4. The molecule has 1 heterocycles. The lowest BCUT2D eigenvalue weighted by atomic mass is 10.1. The Bertz CT molecular complexity index is 521. The molecule has 0 radical (unpaired) electrons. The van der Waals surface area contributed by atoms with Gasteiger partial charge in [-0.25, -0.2) is 4.39 Å². The lowest BCUT2D eigenvalue weighted by molar-refractivity contribution is -0.0527. The number of nitrogens with two attached hydrogens (primary N) is 1. The molecular formula is C16H21FN2O. The number of hydrogen-bond donors (Lipinski definition) is 1. The van der Waals surface area contributed by atoms with Crippen LogP contribution < -0.4 is 5.73 Å². The fourth-order valence-electron chi connectivity index (χ4n) is 2.36. The normalized spacial score (nSPS) is 23.2. The lowest BCUT2D eigenvalue weighted by Gasteiger charge is -2.37. The Kier molecular flexibility index (Phi) is 5.13. The van der Waals surface area contributed by atoms with Crippen molar-refractivity contribution in [2.45, 2.75) is 32.5 Å². The molecule has 108 valence electrons. The van der Waals surface area contributed by atoms with Gasteiger partial charge in [0.05, 0.1) is 19.3 Å². The van der Waals surface area contributed by atoms with Crippen molar-refractivity contribution in [3.05, 3.63) is 35.1 Å². The molecule has 1 saturated heterocycles. The summed E-state index contributed by atoms with van der Waals surface area (Å²) in [5.41, 5.74) is 7.15. The number of hydrogen-bond acceptors (Lipinski definition) is 3. The standard InChI is InChI=1S/C16H21FN2O/c1-12-11-20-13(2)9-19(12)10-15-5-6-16(17)8-14(15)4-3-7-18/h5-6,8,12-13H,7,9-11,18H2,1-2H3. The third kappa shape index (κ3) is 3.80. The zero-order valence-corrected chi connectivity index (χ0v) is 12.0. The topological polar surface area (TPSA) is 38.5 Å². The Morgan fingerprint density at radius 2 is 2.25 bits per heavy atom. The Labute approximate surface area is 119 Å². The zero-order chi connectivity index (χ0) is 14.5. The average Bonchev–Trinajstić information content (AvgIpc) is 2.43. The second-order valence-corrected chi connectivity index (χ2v) is 5.23. The maximum atomic E-state index is 13.4. The monoisotopic (exact) mass is 276 g/mol. The fraction of sp³-hybridized carbons (Fsp3) is 0.500. The predicted octanol–water partition coefficient (Wildman–Crippen LogP) is 1.75. The van der Waals surface area contributed by atoms with Crippen molar-refractivity contribution >= 4 is 0 Å². The van der Waals surface area contributed by atoms with Crippen LogP contribution in [0.3, 0.4) is 0 Å². The Morgan fingerprint density at radius 1 is 1.45 bits per heavy atom.